The average Bonchev–Trinajstić information content (AvgIpc) is 2.90. The summed E-state index contributed by atoms with van der Waals surface area (Å²) in [6, 6.07) is -0.173. The van der Waals surface area contributed by atoms with E-state index >= 15 is 0 Å². The predicted molar refractivity (Wildman–Crippen MR) is 80.9 cm³/mol. The first-order chi connectivity index (χ1) is 10.7. The third-order valence-corrected chi connectivity index (χ3v) is 5.19. The number of nitrogens with zero attached hydrogens (tertiary/aromatic N) is 1. The molecule has 0 fully saturated rings. The summed E-state index contributed by atoms with van der Waals surface area (Å²) in [6.45, 7) is 2.84. The van der Waals surface area contributed by atoms with E-state index in [1.54, 1.807) is 0 Å². The van der Waals surface area contributed by atoms with Gasteiger partial charge in [-0.1, -0.05) is 44.8 Å². The summed E-state index contributed by atoms with van der Waals surface area (Å²) in [5.74, 6) is -0.101. The van der Waals surface area contributed by atoms with Gasteiger partial charge in [0.25, 0.3) is 0 Å². The molecule has 0 aromatic rings. The second-order valence-electron chi connectivity index (χ2n) is 5.94. The zero-order chi connectivity index (χ0) is 17.1. The Labute approximate surface area is 135 Å². The number of hydrogen-bond donors (Lipinski definition) is 0. The van der Waals surface area contributed by atoms with Crippen LogP contribution >= 0.6 is 0 Å². The van der Waals surface area contributed by atoms with E-state index in [2.05, 4.69) is 16.0 Å². The Balaban J connectivity index is 2.05. The maximum absolute atomic E-state index is 12.5. The molecular weight excluding hydrogens is 331 g/mol. The lowest BCUT2D eigenvalue weighted by Gasteiger charge is -2.36. The van der Waals surface area contributed by atoms with Gasteiger partial charge in [-0.25, -0.2) is 0 Å². The second kappa shape index (κ2) is 7.25. The molecule has 0 amide bonds. The molecule has 0 aromatic heterocycles. The van der Waals surface area contributed by atoms with Crippen molar-refractivity contribution in [1.82, 2.24) is 4.90 Å². The van der Waals surface area contributed by atoms with Gasteiger partial charge in [0, 0.05) is 19.0 Å². The normalized spacial score (nSPS) is 25.3. The van der Waals surface area contributed by atoms with Gasteiger partial charge in [0.15, 0.2) is 0 Å². The van der Waals surface area contributed by atoms with Crippen molar-refractivity contribution >= 4 is 10.1 Å². The minimum absolute atomic E-state index is 0.00953. The van der Waals surface area contributed by atoms with Crippen molar-refractivity contribution in [3.05, 3.63) is 24.0 Å². The van der Waals surface area contributed by atoms with Crippen molar-refractivity contribution in [3.8, 4) is 0 Å². The molecule has 2 atom stereocenters. The molecule has 2 rings (SSSR count). The summed E-state index contributed by atoms with van der Waals surface area (Å²) in [7, 11) is -5.59. The second-order valence-corrected chi connectivity index (χ2v) is 7.48. The smallest absolute Gasteiger partial charge is 0.381 e. The molecule has 2 aliphatic rings. The monoisotopic (exact) mass is 353 g/mol. The highest BCUT2D eigenvalue weighted by atomic mass is 32.2. The van der Waals surface area contributed by atoms with Gasteiger partial charge in [0.1, 0.15) is 5.76 Å². The Bertz CT molecular complexity index is 569. The van der Waals surface area contributed by atoms with Gasteiger partial charge < -0.3 is 4.18 Å². The standard InChI is InChI=1S/C15H22F3NO3S/c1-2-3-4-5-7-12-10-14(11-13-8-6-9-19(12)13)22-23(20,21)15(16,17)18/h6,8,11-13H,2-5,7,9-10H2,1H3/t12-,13-/m0/s1. The first-order valence-corrected chi connectivity index (χ1v) is 9.29. The fraction of sp³-hybridized carbons (Fsp3) is 0.733. The molecule has 132 valence electrons. The molecule has 8 heteroatoms. The Morgan fingerprint density at radius 2 is 2.04 bits per heavy atom. The van der Waals surface area contributed by atoms with Crippen LogP contribution in [-0.4, -0.2) is 37.5 Å². The summed E-state index contributed by atoms with van der Waals surface area (Å²) in [5, 5.41) is 0. The van der Waals surface area contributed by atoms with E-state index in [9.17, 15) is 21.6 Å². The molecule has 0 spiro atoms. The average molecular weight is 353 g/mol. The van der Waals surface area contributed by atoms with E-state index in [0.717, 1.165) is 38.6 Å². The molecule has 2 aliphatic heterocycles. The molecule has 0 N–H and O–H groups in total. The van der Waals surface area contributed by atoms with Gasteiger partial charge in [0.2, 0.25) is 0 Å². The van der Waals surface area contributed by atoms with Crippen LogP contribution in [0, 0.1) is 0 Å². The van der Waals surface area contributed by atoms with Crippen molar-refractivity contribution in [2.75, 3.05) is 6.54 Å². The van der Waals surface area contributed by atoms with Crippen LogP contribution < -0.4 is 0 Å². The maximum atomic E-state index is 12.5. The van der Waals surface area contributed by atoms with Crippen molar-refractivity contribution in [2.24, 2.45) is 0 Å². The largest absolute Gasteiger partial charge is 0.534 e. The lowest BCUT2D eigenvalue weighted by atomic mass is 9.97. The van der Waals surface area contributed by atoms with Gasteiger partial charge >= 0.3 is 15.6 Å². The zero-order valence-electron chi connectivity index (χ0n) is 13.1. The highest BCUT2D eigenvalue weighted by Gasteiger charge is 2.49. The quantitative estimate of drug-likeness (QED) is 0.303. The number of unbranched alkanes of at least 4 members (excludes halogenated alkanes) is 3. The van der Waals surface area contributed by atoms with Crippen molar-refractivity contribution in [1.29, 1.82) is 0 Å². The lowest BCUT2D eigenvalue weighted by Crippen LogP contribution is -2.43. The van der Waals surface area contributed by atoms with E-state index in [4.69, 9.17) is 0 Å². The minimum Gasteiger partial charge on any atom is -0.381 e. The first-order valence-electron chi connectivity index (χ1n) is 7.88. The summed E-state index contributed by atoms with van der Waals surface area (Å²) in [4.78, 5) is 2.17. The number of hydrogen-bond acceptors (Lipinski definition) is 4. The molecule has 0 saturated carbocycles. The lowest BCUT2D eigenvalue weighted by molar-refractivity contribution is -0.0527. The van der Waals surface area contributed by atoms with Crippen LogP contribution in [0.4, 0.5) is 13.2 Å². The van der Waals surface area contributed by atoms with E-state index in [1.807, 2.05) is 12.2 Å². The Kier molecular flexibility index (Phi) is 5.78. The topological polar surface area (TPSA) is 46.6 Å². The van der Waals surface area contributed by atoms with Gasteiger partial charge in [0.05, 0.1) is 6.04 Å². The van der Waals surface area contributed by atoms with Gasteiger partial charge in [-0.2, -0.15) is 21.6 Å². The highest BCUT2D eigenvalue weighted by molar-refractivity contribution is 7.87. The van der Waals surface area contributed by atoms with Crippen LogP contribution in [0.3, 0.4) is 0 Å². The van der Waals surface area contributed by atoms with Crippen molar-refractivity contribution < 1.29 is 25.8 Å². The first kappa shape index (κ1) is 18.3. The molecule has 23 heavy (non-hydrogen) atoms. The molecule has 0 aliphatic carbocycles. The van der Waals surface area contributed by atoms with Crippen LogP contribution in [-0.2, 0) is 14.3 Å². The van der Waals surface area contributed by atoms with Gasteiger partial charge in [-0.05, 0) is 12.5 Å². The zero-order valence-corrected chi connectivity index (χ0v) is 13.9. The molecular formula is C15H22F3NO3S. The van der Waals surface area contributed by atoms with E-state index < -0.39 is 15.6 Å². The molecule has 0 bridgehead atoms. The van der Waals surface area contributed by atoms with Crippen LogP contribution in [0.25, 0.3) is 0 Å². The van der Waals surface area contributed by atoms with Crippen LogP contribution in [0.2, 0.25) is 0 Å². The fourth-order valence-corrected chi connectivity index (χ4v) is 3.53. The molecule has 0 unspecified atom stereocenters. The number of rotatable bonds is 7. The number of fused-ring (bicyclic) bond motifs is 1. The highest BCUT2D eigenvalue weighted by Crippen LogP contribution is 2.34. The van der Waals surface area contributed by atoms with Gasteiger partial charge in [-0.3, -0.25) is 4.90 Å². The third kappa shape index (κ3) is 4.50. The minimum atomic E-state index is -5.59. The van der Waals surface area contributed by atoms with Crippen molar-refractivity contribution in [3.63, 3.8) is 0 Å². The third-order valence-electron chi connectivity index (χ3n) is 4.19. The summed E-state index contributed by atoms with van der Waals surface area (Å²) in [5.41, 5.74) is -5.40. The maximum Gasteiger partial charge on any atom is 0.534 e. The van der Waals surface area contributed by atoms with Crippen LogP contribution in [0.15, 0.2) is 24.0 Å². The van der Waals surface area contributed by atoms with E-state index in [-0.39, 0.29) is 24.3 Å². The Morgan fingerprint density at radius 1 is 1.30 bits per heavy atom. The van der Waals surface area contributed by atoms with E-state index in [1.165, 1.54) is 6.08 Å². The Hall–Kier alpha value is -1.02. The van der Waals surface area contributed by atoms with E-state index in [0.29, 0.717) is 0 Å². The molecule has 0 radical (unpaired) electrons. The SMILES string of the molecule is CCCCCC[C@H]1CC(OS(=O)(=O)C(F)(F)F)=C[C@@H]2C=CCN21. The summed E-state index contributed by atoms with van der Waals surface area (Å²) >= 11 is 0. The van der Waals surface area contributed by atoms with Crippen molar-refractivity contribution in [2.45, 2.75) is 63.0 Å². The molecule has 0 aromatic carbocycles. The summed E-state index contributed by atoms with van der Waals surface area (Å²) in [6.07, 6.45) is 10.6. The molecule has 2 heterocycles. The van der Waals surface area contributed by atoms with Crippen LogP contribution in [0.5, 0.6) is 0 Å². The van der Waals surface area contributed by atoms with Crippen LogP contribution in [0.1, 0.15) is 45.4 Å². The molecule has 0 saturated heterocycles. The molecule has 4 nitrogen and oxygen atoms in total. The number of alkyl halides is 3. The number of halogens is 3. The summed E-state index contributed by atoms with van der Waals surface area (Å²) < 4.78 is 64.2. The van der Waals surface area contributed by atoms with Gasteiger partial charge in [-0.15, -0.1) is 0 Å². The predicted octanol–water partition coefficient (Wildman–Crippen LogP) is 3.72. The Morgan fingerprint density at radius 3 is 2.70 bits per heavy atom. The fourth-order valence-electron chi connectivity index (χ4n) is 3.03.